The fourth-order valence-corrected chi connectivity index (χ4v) is 3.96. The largest absolute Gasteiger partial charge is 0.333 e. The fourth-order valence-electron chi connectivity index (χ4n) is 3.15. The van der Waals surface area contributed by atoms with Crippen LogP contribution in [0.25, 0.3) is 10.4 Å². The lowest BCUT2D eigenvalue weighted by atomic mass is 9.93. The number of thiazole rings is 1. The number of hydrogen-bond donors (Lipinski definition) is 3. The minimum absolute atomic E-state index is 0.182. The summed E-state index contributed by atoms with van der Waals surface area (Å²) in [4.78, 5) is 17.6. The van der Waals surface area contributed by atoms with Gasteiger partial charge in [-0.15, -0.1) is 11.3 Å². The molecule has 0 radical (unpaired) electrons. The van der Waals surface area contributed by atoms with Crippen molar-refractivity contribution in [3.8, 4) is 10.4 Å². The summed E-state index contributed by atoms with van der Waals surface area (Å²) >= 11 is 1.70. The molecule has 1 fully saturated rings. The lowest BCUT2D eigenvalue weighted by molar-refractivity contribution is -0.109. The van der Waals surface area contributed by atoms with E-state index in [9.17, 15) is 4.79 Å². The maximum atomic E-state index is 9.82. The molecule has 2 atom stereocenters. The minimum atomic E-state index is 0.182. The van der Waals surface area contributed by atoms with Crippen LogP contribution in [0.2, 0.25) is 0 Å². The molecule has 2 heterocycles. The molecule has 1 aliphatic heterocycles. The van der Waals surface area contributed by atoms with Crippen molar-refractivity contribution in [1.82, 2.24) is 15.2 Å². The van der Waals surface area contributed by atoms with Crippen molar-refractivity contribution in [1.29, 1.82) is 0 Å². The summed E-state index contributed by atoms with van der Waals surface area (Å²) in [5.74, 6) is 0. The number of nitrogens with two attached hydrogens (primary N) is 2. The molecule has 2 aromatic rings. The van der Waals surface area contributed by atoms with Crippen LogP contribution in [0.3, 0.4) is 0 Å². The zero-order chi connectivity index (χ0) is 28.1. The Morgan fingerprint density at radius 3 is 2.03 bits per heavy atom. The molecule has 36 heavy (non-hydrogen) atoms. The number of aromatic nitrogens is 1. The van der Waals surface area contributed by atoms with Crippen molar-refractivity contribution >= 4 is 17.6 Å². The molecule has 1 aromatic carbocycles. The van der Waals surface area contributed by atoms with Gasteiger partial charge in [0.15, 0.2) is 0 Å². The first-order valence-electron chi connectivity index (χ1n) is 13.2. The summed E-state index contributed by atoms with van der Waals surface area (Å²) in [5, 5.41) is 3.42. The van der Waals surface area contributed by atoms with Crippen LogP contribution in [0.1, 0.15) is 85.0 Å². The van der Waals surface area contributed by atoms with E-state index in [1.807, 2.05) is 26.3 Å². The number of aldehydes is 1. The predicted molar refractivity (Wildman–Crippen MR) is 161 cm³/mol. The Balaban J connectivity index is 0. The van der Waals surface area contributed by atoms with Crippen molar-refractivity contribution in [3.05, 3.63) is 41.0 Å². The SMILES string of the molecule is CC(C)(C)CC=O.CCC.CCNC(C)c1ccc(-c2scnc2C)cc1.CN.CN1CCC(N)C1. The average Bonchev–Trinajstić information content (AvgIpc) is 3.43. The fraction of sp³-hybridized carbons (Fsp3) is 0.655. The summed E-state index contributed by atoms with van der Waals surface area (Å²) in [6.07, 6.45) is 4.05. The van der Waals surface area contributed by atoms with E-state index >= 15 is 0 Å². The second kappa shape index (κ2) is 21.4. The van der Waals surface area contributed by atoms with Gasteiger partial charge in [-0.05, 0) is 64.0 Å². The van der Waals surface area contributed by atoms with E-state index in [2.05, 4.69) is 86.9 Å². The van der Waals surface area contributed by atoms with E-state index in [0.717, 1.165) is 25.1 Å². The minimum Gasteiger partial charge on any atom is -0.333 e. The van der Waals surface area contributed by atoms with Gasteiger partial charge in [0.25, 0.3) is 0 Å². The normalized spacial score (nSPS) is 15.5. The van der Waals surface area contributed by atoms with Crippen LogP contribution in [-0.4, -0.2) is 55.9 Å². The van der Waals surface area contributed by atoms with Crippen molar-refractivity contribution in [3.63, 3.8) is 0 Å². The van der Waals surface area contributed by atoms with Crippen LogP contribution in [0, 0.1) is 12.3 Å². The molecule has 0 aliphatic carbocycles. The number of carbonyl (C=O) groups excluding carboxylic acids is 1. The summed E-state index contributed by atoms with van der Waals surface area (Å²) in [6, 6.07) is 9.62. The van der Waals surface area contributed by atoms with Crippen molar-refractivity contribution in [2.45, 2.75) is 86.7 Å². The van der Waals surface area contributed by atoms with Gasteiger partial charge < -0.3 is 26.5 Å². The smallest absolute Gasteiger partial charge is 0.120 e. The zero-order valence-electron chi connectivity index (χ0n) is 24.7. The van der Waals surface area contributed by atoms with E-state index in [1.165, 1.54) is 42.4 Å². The number of aryl methyl sites for hydroxylation is 1. The Hall–Kier alpha value is -1.64. The highest BCUT2D eigenvalue weighted by Gasteiger charge is 2.13. The van der Waals surface area contributed by atoms with E-state index in [-0.39, 0.29) is 5.41 Å². The van der Waals surface area contributed by atoms with Crippen molar-refractivity contribution in [2.24, 2.45) is 16.9 Å². The third-order valence-electron chi connectivity index (χ3n) is 5.05. The lowest BCUT2D eigenvalue weighted by Crippen LogP contribution is -2.23. The Labute approximate surface area is 226 Å². The number of hydrogen-bond acceptors (Lipinski definition) is 7. The average molecular weight is 522 g/mol. The van der Waals surface area contributed by atoms with Crippen LogP contribution < -0.4 is 16.8 Å². The molecule has 7 heteroatoms. The summed E-state index contributed by atoms with van der Waals surface area (Å²) < 4.78 is 0. The molecular formula is C29H55N5OS. The number of nitrogens with zero attached hydrogens (tertiary/aromatic N) is 2. The maximum Gasteiger partial charge on any atom is 0.120 e. The number of carbonyl (C=O) groups is 1. The Morgan fingerprint density at radius 2 is 1.75 bits per heavy atom. The standard InChI is InChI=1S/C14H18N2S.C6H12O.C5H12N2.C3H8.CH5N/c1-4-15-10(2)12-5-7-13(8-6-12)14-11(3)16-9-17-14;1-6(2,3)4-5-7;1-7-3-2-5(6)4-7;1-3-2;1-2/h5-10,15H,4H2,1-3H3;5H,4H2,1-3H3;5H,2-4,6H2,1H3;3H2,1-2H3;2H2,1H3. The molecule has 208 valence electrons. The van der Waals surface area contributed by atoms with Crippen LogP contribution in [-0.2, 0) is 4.79 Å². The predicted octanol–water partition coefficient (Wildman–Crippen LogP) is 6.05. The van der Waals surface area contributed by atoms with Crippen molar-refractivity contribution in [2.75, 3.05) is 33.7 Å². The summed E-state index contributed by atoms with van der Waals surface area (Å²) in [5.41, 5.74) is 15.9. The van der Waals surface area contributed by atoms with Crippen LogP contribution in [0.4, 0.5) is 0 Å². The number of nitrogens with one attached hydrogen (secondary N) is 1. The van der Waals surface area contributed by atoms with Gasteiger partial charge in [0.05, 0.1) is 16.1 Å². The second-order valence-corrected chi connectivity index (χ2v) is 11.0. The van der Waals surface area contributed by atoms with Crippen LogP contribution >= 0.6 is 11.3 Å². The molecule has 1 saturated heterocycles. The second-order valence-electron chi connectivity index (χ2n) is 10.1. The zero-order valence-corrected chi connectivity index (χ0v) is 25.5. The quantitative estimate of drug-likeness (QED) is 0.414. The number of benzene rings is 1. The molecular weight excluding hydrogens is 466 g/mol. The maximum absolute atomic E-state index is 9.82. The van der Waals surface area contributed by atoms with E-state index in [0.29, 0.717) is 18.5 Å². The van der Waals surface area contributed by atoms with E-state index in [4.69, 9.17) is 5.73 Å². The van der Waals surface area contributed by atoms with E-state index in [1.54, 1.807) is 11.3 Å². The van der Waals surface area contributed by atoms with Gasteiger partial charge in [-0.3, -0.25) is 0 Å². The van der Waals surface area contributed by atoms with Gasteiger partial charge in [-0.25, -0.2) is 4.98 Å². The first kappa shape index (κ1) is 36.5. The molecule has 3 rings (SSSR count). The molecule has 5 N–H and O–H groups in total. The molecule has 6 nitrogen and oxygen atoms in total. The van der Waals surface area contributed by atoms with Crippen molar-refractivity contribution < 1.29 is 4.79 Å². The van der Waals surface area contributed by atoms with Gasteiger partial charge in [0.1, 0.15) is 6.29 Å². The van der Waals surface area contributed by atoms with Gasteiger partial charge in [-0.2, -0.15) is 0 Å². The highest BCUT2D eigenvalue weighted by Crippen LogP contribution is 2.28. The number of likely N-dealkylation sites (tertiary alicyclic amines) is 1. The van der Waals surface area contributed by atoms with E-state index < -0.39 is 0 Å². The summed E-state index contributed by atoms with van der Waals surface area (Å²) in [6.45, 7) is 20.0. The number of likely N-dealkylation sites (N-methyl/N-ethyl adjacent to an activating group) is 1. The molecule has 0 bridgehead atoms. The molecule has 1 aromatic heterocycles. The molecule has 0 spiro atoms. The highest BCUT2D eigenvalue weighted by atomic mass is 32.1. The first-order valence-corrected chi connectivity index (χ1v) is 14.1. The van der Waals surface area contributed by atoms with Gasteiger partial charge >= 0.3 is 0 Å². The lowest BCUT2D eigenvalue weighted by Gasteiger charge is -2.12. The highest BCUT2D eigenvalue weighted by molar-refractivity contribution is 7.13. The monoisotopic (exact) mass is 521 g/mol. The van der Waals surface area contributed by atoms with Gasteiger partial charge in [0, 0.05) is 25.0 Å². The Bertz CT molecular complexity index is 763. The molecule has 1 aliphatic rings. The van der Waals surface area contributed by atoms with Crippen LogP contribution in [0.5, 0.6) is 0 Å². The Morgan fingerprint density at radius 1 is 1.19 bits per heavy atom. The van der Waals surface area contributed by atoms with Gasteiger partial charge in [0.2, 0.25) is 0 Å². The number of rotatable bonds is 5. The third-order valence-corrected chi connectivity index (χ3v) is 6.03. The summed E-state index contributed by atoms with van der Waals surface area (Å²) in [7, 11) is 3.60. The molecule has 0 amide bonds. The topological polar surface area (TPSA) is 97.3 Å². The first-order chi connectivity index (χ1) is 17.0. The van der Waals surface area contributed by atoms with Gasteiger partial charge in [-0.1, -0.05) is 72.2 Å². The Kier molecular flexibility index (Phi) is 21.8. The van der Waals surface area contributed by atoms with Crippen LogP contribution in [0.15, 0.2) is 29.8 Å². The molecule has 0 saturated carbocycles. The molecule has 2 unspecified atom stereocenters. The third kappa shape index (κ3) is 17.7.